The summed E-state index contributed by atoms with van der Waals surface area (Å²) in [4.78, 5) is 31.0. The van der Waals surface area contributed by atoms with E-state index in [1.165, 1.54) is 6.20 Å². The van der Waals surface area contributed by atoms with E-state index in [1.807, 2.05) is 29.2 Å². The maximum Gasteiger partial charge on any atom is 0.416 e. The van der Waals surface area contributed by atoms with Crippen LogP contribution in [0.4, 0.5) is 19.0 Å². The van der Waals surface area contributed by atoms with E-state index >= 15 is 0 Å². The fraction of sp³-hybridized carbons (Fsp3) is 0.385. The number of nitrogens with zero attached hydrogens (tertiary/aromatic N) is 4. The molecular weight excluding hydrogens is 485 g/mol. The van der Waals surface area contributed by atoms with Crippen LogP contribution in [0.1, 0.15) is 57.2 Å². The second-order valence-electron chi connectivity index (χ2n) is 10.1. The third kappa shape index (κ3) is 4.54. The smallest absolute Gasteiger partial charge is 0.384 e. The molecule has 192 valence electrons. The van der Waals surface area contributed by atoms with Crippen molar-refractivity contribution in [3.63, 3.8) is 0 Å². The van der Waals surface area contributed by atoms with Gasteiger partial charge in [-0.3, -0.25) is 14.3 Å². The highest BCUT2D eigenvalue weighted by Crippen LogP contribution is 2.46. The summed E-state index contributed by atoms with van der Waals surface area (Å²) in [5, 5.41) is 6.95. The number of benzene rings is 1. The van der Waals surface area contributed by atoms with Gasteiger partial charge in [-0.1, -0.05) is 24.3 Å². The minimum Gasteiger partial charge on any atom is -0.384 e. The van der Waals surface area contributed by atoms with Gasteiger partial charge in [0.25, 0.3) is 5.91 Å². The normalized spacial score (nSPS) is 22.2. The van der Waals surface area contributed by atoms with Crippen molar-refractivity contribution < 1.29 is 22.8 Å². The molecule has 11 heteroatoms. The number of likely N-dealkylation sites (tertiary alicyclic amines) is 1. The van der Waals surface area contributed by atoms with Gasteiger partial charge in [-0.25, -0.2) is 4.98 Å². The number of hydrogen-bond donors (Lipinski definition) is 2. The Morgan fingerprint density at radius 1 is 1.16 bits per heavy atom. The lowest BCUT2D eigenvalue weighted by Gasteiger charge is -2.19. The first-order valence-corrected chi connectivity index (χ1v) is 12.2. The molecule has 0 radical (unpaired) electrons. The van der Waals surface area contributed by atoms with Crippen LogP contribution in [0.25, 0.3) is 0 Å². The van der Waals surface area contributed by atoms with E-state index in [9.17, 15) is 22.8 Å². The number of hydrogen-bond acceptors (Lipinski definition) is 5. The number of piperidine rings is 1. The second kappa shape index (κ2) is 8.60. The highest BCUT2D eigenvalue weighted by molar-refractivity contribution is 5.94. The maximum absolute atomic E-state index is 13.6. The number of carbonyl (C=O) groups is 2. The minimum atomic E-state index is -4.60. The van der Waals surface area contributed by atoms with Crippen molar-refractivity contribution in [2.45, 2.75) is 44.6 Å². The molecule has 1 saturated heterocycles. The third-order valence-corrected chi connectivity index (χ3v) is 7.43. The Morgan fingerprint density at radius 2 is 1.89 bits per heavy atom. The van der Waals surface area contributed by atoms with Gasteiger partial charge in [-0.15, -0.1) is 0 Å². The highest BCUT2D eigenvalue weighted by atomic mass is 19.4. The van der Waals surface area contributed by atoms with Crippen molar-refractivity contribution in [1.29, 1.82) is 0 Å². The van der Waals surface area contributed by atoms with Gasteiger partial charge < -0.3 is 16.0 Å². The number of pyridine rings is 1. The van der Waals surface area contributed by atoms with Crippen molar-refractivity contribution in [2.24, 2.45) is 11.8 Å². The number of nitrogens with one attached hydrogen (secondary N) is 1. The summed E-state index contributed by atoms with van der Waals surface area (Å²) in [5.41, 5.74) is 7.24. The lowest BCUT2D eigenvalue weighted by Crippen LogP contribution is -2.28. The summed E-state index contributed by atoms with van der Waals surface area (Å²) in [6, 6.07) is 7.91. The van der Waals surface area contributed by atoms with Crippen LogP contribution < -0.4 is 11.1 Å². The molecule has 3 heterocycles. The van der Waals surface area contributed by atoms with E-state index in [0.717, 1.165) is 30.2 Å². The number of halogens is 3. The van der Waals surface area contributed by atoms with Crippen LogP contribution in [0, 0.1) is 11.8 Å². The molecule has 3 aliphatic rings. The predicted octanol–water partition coefficient (Wildman–Crippen LogP) is 3.32. The van der Waals surface area contributed by atoms with Gasteiger partial charge in [-0.2, -0.15) is 18.3 Å². The summed E-state index contributed by atoms with van der Waals surface area (Å²) >= 11 is 0. The first kappa shape index (κ1) is 23.5. The monoisotopic (exact) mass is 510 g/mol. The topological polar surface area (TPSA) is 106 Å². The summed E-state index contributed by atoms with van der Waals surface area (Å²) < 4.78 is 42.4. The molecule has 1 aromatic carbocycles. The van der Waals surface area contributed by atoms with Crippen LogP contribution in [-0.4, -0.2) is 38.0 Å². The minimum absolute atomic E-state index is 0.0183. The number of fused-ring (bicyclic) bond motifs is 2. The Labute approximate surface area is 210 Å². The van der Waals surface area contributed by atoms with Gasteiger partial charge in [0.1, 0.15) is 5.82 Å². The maximum atomic E-state index is 13.6. The van der Waals surface area contributed by atoms with E-state index in [1.54, 1.807) is 10.9 Å². The van der Waals surface area contributed by atoms with E-state index in [2.05, 4.69) is 15.4 Å². The SMILES string of the molecule is Nc1cc(C(F)(F)F)c2c(n1)CCC2NC(=O)c1cnn(Cc2ccc(CN3CC4CC4C3=O)cc2)c1. The molecule has 1 saturated carbocycles. The molecule has 2 aromatic heterocycles. The van der Waals surface area contributed by atoms with Gasteiger partial charge in [0, 0.05) is 36.5 Å². The van der Waals surface area contributed by atoms with E-state index in [4.69, 9.17) is 5.73 Å². The van der Waals surface area contributed by atoms with Crippen molar-refractivity contribution in [1.82, 2.24) is 25.0 Å². The number of nitrogen functional groups attached to an aromatic ring is 1. The van der Waals surface area contributed by atoms with Crippen LogP contribution in [0.15, 0.2) is 42.7 Å². The lowest BCUT2D eigenvalue weighted by atomic mass is 10.0. The fourth-order valence-corrected chi connectivity index (χ4v) is 5.48. The first-order chi connectivity index (χ1) is 17.7. The van der Waals surface area contributed by atoms with E-state index in [0.29, 0.717) is 31.8 Å². The molecular formula is C26H25F3N6O2. The van der Waals surface area contributed by atoms with Crippen molar-refractivity contribution in [2.75, 3.05) is 12.3 Å². The molecule has 37 heavy (non-hydrogen) atoms. The molecule has 3 aromatic rings. The van der Waals surface area contributed by atoms with Gasteiger partial charge in [0.15, 0.2) is 0 Å². The average molecular weight is 511 g/mol. The molecule has 2 amide bonds. The molecule has 1 aliphatic heterocycles. The number of anilines is 1. The molecule has 6 rings (SSSR count). The highest BCUT2D eigenvalue weighted by Gasteiger charge is 2.51. The van der Waals surface area contributed by atoms with E-state index in [-0.39, 0.29) is 34.5 Å². The van der Waals surface area contributed by atoms with Crippen LogP contribution in [0.5, 0.6) is 0 Å². The van der Waals surface area contributed by atoms with Crippen LogP contribution >= 0.6 is 0 Å². The van der Waals surface area contributed by atoms with Gasteiger partial charge in [-0.05, 0) is 42.4 Å². The molecule has 3 atom stereocenters. The zero-order valence-electron chi connectivity index (χ0n) is 19.8. The zero-order chi connectivity index (χ0) is 25.9. The van der Waals surface area contributed by atoms with Gasteiger partial charge in [0.2, 0.25) is 5.91 Å². The lowest BCUT2D eigenvalue weighted by molar-refractivity contribution is -0.138. The van der Waals surface area contributed by atoms with Crippen molar-refractivity contribution >= 4 is 17.6 Å². The molecule has 0 bridgehead atoms. The summed E-state index contributed by atoms with van der Waals surface area (Å²) in [6.45, 7) is 1.88. The largest absolute Gasteiger partial charge is 0.416 e. The van der Waals surface area contributed by atoms with Gasteiger partial charge >= 0.3 is 6.18 Å². The van der Waals surface area contributed by atoms with Crippen LogP contribution in [0.3, 0.4) is 0 Å². The number of amides is 2. The van der Waals surface area contributed by atoms with Crippen molar-refractivity contribution in [3.8, 4) is 0 Å². The molecule has 2 fully saturated rings. The zero-order valence-corrected chi connectivity index (χ0v) is 19.8. The molecule has 8 nitrogen and oxygen atoms in total. The predicted molar refractivity (Wildman–Crippen MR) is 127 cm³/mol. The Bertz CT molecular complexity index is 1380. The summed E-state index contributed by atoms with van der Waals surface area (Å²) in [7, 11) is 0. The van der Waals surface area contributed by atoms with E-state index < -0.39 is 23.7 Å². The Morgan fingerprint density at radius 3 is 2.57 bits per heavy atom. The van der Waals surface area contributed by atoms with Crippen molar-refractivity contribution in [3.05, 3.63) is 76.2 Å². The number of alkyl halides is 3. The Hall–Kier alpha value is -3.89. The summed E-state index contributed by atoms with van der Waals surface area (Å²) in [6.07, 6.45) is 0.0182. The Balaban J connectivity index is 1.09. The van der Waals surface area contributed by atoms with Gasteiger partial charge in [0.05, 0.1) is 29.9 Å². The third-order valence-electron chi connectivity index (χ3n) is 7.43. The number of aromatic nitrogens is 3. The standard InChI is InChI=1S/C26H25F3N6O2/c27-26(28,29)19-8-22(30)32-20-5-6-21(23(19)20)33-24(36)17-9-31-35(13-17)11-15-3-1-14(2-4-15)10-34-12-16-7-18(16)25(34)37/h1-4,8-9,13,16,18,21H,5-7,10-12H2,(H2,30,32)(H,33,36). The fourth-order valence-electron chi connectivity index (χ4n) is 5.48. The number of nitrogens with two attached hydrogens (primary N) is 1. The summed E-state index contributed by atoms with van der Waals surface area (Å²) in [5.74, 6) is 0.359. The number of aryl methyl sites for hydroxylation is 1. The number of rotatable bonds is 6. The molecule has 3 unspecified atom stereocenters. The molecule has 2 aliphatic carbocycles. The van der Waals surface area contributed by atoms with Crippen LogP contribution in [0.2, 0.25) is 0 Å². The average Bonchev–Trinajstić information content (AvgIpc) is 3.12. The molecule has 3 N–H and O–H groups in total. The second-order valence-corrected chi connectivity index (χ2v) is 10.1. The van der Waals surface area contributed by atoms with Crippen LogP contribution in [-0.2, 0) is 30.5 Å². The first-order valence-electron chi connectivity index (χ1n) is 12.2. The molecule has 0 spiro atoms. The quantitative estimate of drug-likeness (QED) is 0.529. The number of carbonyl (C=O) groups excluding carboxylic acids is 2. The Kier molecular flexibility index (Phi) is 5.46.